The van der Waals surface area contributed by atoms with Gasteiger partial charge in [-0.15, -0.1) is 0 Å². The van der Waals surface area contributed by atoms with Crippen LogP contribution in [0.3, 0.4) is 0 Å². The van der Waals surface area contributed by atoms with Crippen molar-refractivity contribution in [3.63, 3.8) is 0 Å². The van der Waals surface area contributed by atoms with Crippen LogP contribution >= 0.6 is 11.6 Å². The summed E-state index contributed by atoms with van der Waals surface area (Å²) in [5.74, 6) is 0.976. The fourth-order valence-electron chi connectivity index (χ4n) is 2.80. The summed E-state index contributed by atoms with van der Waals surface area (Å²) in [5.41, 5.74) is 3.36. The minimum Gasteiger partial charge on any atom is -0.496 e. The summed E-state index contributed by atoms with van der Waals surface area (Å²) in [5, 5.41) is 4.52. The molecule has 4 nitrogen and oxygen atoms in total. The lowest BCUT2D eigenvalue weighted by Crippen LogP contribution is -2.13. The summed E-state index contributed by atoms with van der Waals surface area (Å²) in [4.78, 5) is 16.7. The predicted octanol–water partition coefficient (Wildman–Crippen LogP) is 4.91. The number of ether oxygens (including phenoxy) is 1. The number of aromatic nitrogens is 1. The Morgan fingerprint density at radius 3 is 2.60 bits per heavy atom. The van der Waals surface area contributed by atoms with Gasteiger partial charge in [0, 0.05) is 33.6 Å². The highest BCUT2D eigenvalue weighted by Crippen LogP contribution is 2.33. The van der Waals surface area contributed by atoms with E-state index in [1.807, 2.05) is 48.5 Å². The molecule has 0 unspecified atom stereocenters. The Kier molecular flexibility index (Phi) is 4.06. The average molecular weight is 353 g/mol. The molecule has 0 atom stereocenters. The Labute approximate surface area is 150 Å². The molecule has 25 heavy (non-hydrogen) atoms. The standard InChI is InChI=1S/C20H17ClN2O2/c1-25-19-11-18(12-4-6-14(21)7-5-12)23-17-9-8-15(10-16(17)19)22-20(24)13-2-3-13/h4-11,13H,2-3H2,1H3,(H,22,24). The minimum absolute atomic E-state index is 0.0871. The van der Waals surface area contributed by atoms with Crippen molar-refractivity contribution >= 4 is 34.1 Å². The van der Waals surface area contributed by atoms with Crippen LogP contribution in [0.5, 0.6) is 5.75 Å². The normalized spacial score (nSPS) is 13.7. The van der Waals surface area contributed by atoms with Crippen molar-refractivity contribution in [2.75, 3.05) is 12.4 Å². The maximum absolute atomic E-state index is 12.0. The van der Waals surface area contributed by atoms with Gasteiger partial charge in [-0.3, -0.25) is 4.79 Å². The van der Waals surface area contributed by atoms with Crippen molar-refractivity contribution < 1.29 is 9.53 Å². The Hall–Kier alpha value is -2.59. The van der Waals surface area contributed by atoms with E-state index in [2.05, 4.69) is 5.32 Å². The molecule has 3 aromatic rings. The van der Waals surface area contributed by atoms with Crippen LogP contribution in [-0.2, 0) is 4.79 Å². The number of rotatable bonds is 4. The third kappa shape index (κ3) is 3.30. The van der Waals surface area contributed by atoms with Crippen molar-refractivity contribution in [2.45, 2.75) is 12.8 Å². The quantitative estimate of drug-likeness (QED) is 0.725. The average Bonchev–Trinajstić information content (AvgIpc) is 3.46. The molecule has 1 amide bonds. The van der Waals surface area contributed by atoms with Crippen molar-refractivity contribution in [3.8, 4) is 17.0 Å². The van der Waals surface area contributed by atoms with Gasteiger partial charge in [-0.2, -0.15) is 0 Å². The first-order valence-electron chi connectivity index (χ1n) is 8.19. The molecular weight excluding hydrogens is 336 g/mol. The Balaban J connectivity index is 1.74. The summed E-state index contributed by atoms with van der Waals surface area (Å²) in [7, 11) is 1.63. The van der Waals surface area contributed by atoms with Crippen molar-refractivity contribution in [3.05, 3.63) is 53.6 Å². The molecule has 126 valence electrons. The molecule has 0 radical (unpaired) electrons. The first-order chi connectivity index (χ1) is 12.1. The second-order valence-electron chi connectivity index (χ2n) is 6.21. The van der Waals surface area contributed by atoms with Crippen molar-refractivity contribution in [1.82, 2.24) is 4.98 Å². The third-order valence-corrected chi connectivity index (χ3v) is 4.60. The molecule has 1 fully saturated rings. The fourth-order valence-corrected chi connectivity index (χ4v) is 2.93. The molecule has 1 aromatic heterocycles. The topological polar surface area (TPSA) is 51.2 Å². The number of hydrogen-bond donors (Lipinski definition) is 1. The zero-order valence-corrected chi connectivity index (χ0v) is 14.5. The number of nitrogens with zero attached hydrogens (tertiary/aromatic N) is 1. The Morgan fingerprint density at radius 1 is 1.16 bits per heavy atom. The van der Waals surface area contributed by atoms with Gasteiger partial charge in [0.15, 0.2) is 0 Å². The maximum Gasteiger partial charge on any atom is 0.227 e. The molecule has 1 heterocycles. The highest BCUT2D eigenvalue weighted by molar-refractivity contribution is 6.30. The second-order valence-corrected chi connectivity index (χ2v) is 6.65. The number of carbonyl (C=O) groups excluding carboxylic acids is 1. The van der Waals surface area contributed by atoms with E-state index in [9.17, 15) is 4.79 Å². The summed E-state index contributed by atoms with van der Waals surface area (Å²) < 4.78 is 5.55. The van der Waals surface area contributed by atoms with E-state index < -0.39 is 0 Å². The SMILES string of the molecule is COc1cc(-c2ccc(Cl)cc2)nc2ccc(NC(=O)C3CC3)cc12. The number of pyridine rings is 1. The van der Waals surface area contributed by atoms with Crippen molar-refractivity contribution in [1.29, 1.82) is 0 Å². The van der Waals surface area contributed by atoms with E-state index in [4.69, 9.17) is 21.3 Å². The van der Waals surface area contributed by atoms with E-state index in [-0.39, 0.29) is 11.8 Å². The van der Waals surface area contributed by atoms with Crippen LogP contribution in [0, 0.1) is 5.92 Å². The molecular formula is C20H17ClN2O2. The Bertz CT molecular complexity index is 950. The third-order valence-electron chi connectivity index (χ3n) is 4.35. The second kappa shape index (κ2) is 6.37. The number of benzene rings is 2. The van der Waals surface area contributed by atoms with E-state index in [0.717, 1.165) is 46.4 Å². The highest BCUT2D eigenvalue weighted by Gasteiger charge is 2.29. The van der Waals surface area contributed by atoms with Gasteiger partial charge in [0.2, 0.25) is 5.91 Å². The lowest BCUT2D eigenvalue weighted by molar-refractivity contribution is -0.117. The van der Waals surface area contributed by atoms with Crippen LogP contribution in [-0.4, -0.2) is 18.0 Å². The van der Waals surface area contributed by atoms with Gasteiger partial charge >= 0.3 is 0 Å². The number of carbonyl (C=O) groups is 1. The molecule has 0 spiro atoms. The number of amides is 1. The van der Waals surface area contributed by atoms with Crippen LogP contribution in [0.15, 0.2) is 48.5 Å². The molecule has 0 bridgehead atoms. The predicted molar refractivity (Wildman–Crippen MR) is 100 cm³/mol. The monoisotopic (exact) mass is 352 g/mol. The molecule has 4 rings (SSSR count). The van der Waals surface area contributed by atoms with Crippen LogP contribution in [0.1, 0.15) is 12.8 Å². The number of anilines is 1. The van der Waals surface area contributed by atoms with Gasteiger partial charge in [0.1, 0.15) is 5.75 Å². The van der Waals surface area contributed by atoms with Gasteiger partial charge in [-0.1, -0.05) is 23.7 Å². The van der Waals surface area contributed by atoms with Crippen LogP contribution in [0.25, 0.3) is 22.2 Å². The first kappa shape index (κ1) is 15.9. The molecule has 1 aliphatic rings. The van der Waals surface area contributed by atoms with E-state index in [0.29, 0.717) is 5.02 Å². The summed E-state index contributed by atoms with van der Waals surface area (Å²) in [6.07, 6.45) is 1.96. The van der Waals surface area contributed by atoms with E-state index >= 15 is 0 Å². The largest absolute Gasteiger partial charge is 0.496 e. The first-order valence-corrected chi connectivity index (χ1v) is 8.57. The number of methoxy groups -OCH3 is 1. The number of nitrogens with one attached hydrogen (secondary N) is 1. The van der Waals surface area contributed by atoms with Gasteiger partial charge in [0.25, 0.3) is 0 Å². The summed E-state index contributed by atoms with van der Waals surface area (Å²) in [6, 6.07) is 15.1. The molecule has 0 aliphatic heterocycles. The lowest BCUT2D eigenvalue weighted by atomic mass is 10.1. The van der Waals surface area contributed by atoms with E-state index in [1.54, 1.807) is 7.11 Å². The van der Waals surface area contributed by atoms with Gasteiger partial charge in [-0.25, -0.2) is 4.98 Å². The highest BCUT2D eigenvalue weighted by atomic mass is 35.5. The Morgan fingerprint density at radius 2 is 1.92 bits per heavy atom. The van der Waals surface area contributed by atoms with Gasteiger partial charge < -0.3 is 10.1 Å². The van der Waals surface area contributed by atoms with Crippen molar-refractivity contribution in [2.24, 2.45) is 5.92 Å². The molecule has 5 heteroatoms. The number of hydrogen-bond acceptors (Lipinski definition) is 3. The number of halogens is 1. The number of fused-ring (bicyclic) bond motifs is 1. The van der Waals surface area contributed by atoms with Gasteiger partial charge in [0.05, 0.1) is 18.3 Å². The molecule has 0 saturated heterocycles. The van der Waals surface area contributed by atoms with Crippen LogP contribution < -0.4 is 10.1 Å². The zero-order valence-electron chi connectivity index (χ0n) is 13.8. The molecule has 2 aromatic carbocycles. The molecule has 1 saturated carbocycles. The lowest BCUT2D eigenvalue weighted by Gasteiger charge is -2.11. The summed E-state index contributed by atoms with van der Waals surface area (Å²) in [6.45, 7) is 0. The van der Waals surface area contributed by atoms with E-state index in [1.165, 1.54) is 0 Å². The van der Waals surface area contributed by atoms with Gasteiger partial charge in [-0.05, 0) is 43.2 Å². The maximum atomic E-state index is 12.0. The van der Waals surface area contributed by atoms with Crippen LogP contribution in [0.4, 0.5) is 5.69 Å². The summed E-state index contributed by atoms with van der Waals surface area (Å²) >= 11 is 5.96. The van der Waals surface area contributed by atoms with Crippen LogP contribution in [0.2, 0.25) is 5.02 Å². The molecule has 1 aliphatic carbocycles. The minimum atomic E-state index is 0.0871. The smallest absolute Gasteiger partial charge is 0.227 e. The zero-order chi connectivity index (χ0) is 17.4. The fraction of sp³-hybridized carbons (Fsp3) is 0.200. The molecule has 1 N–H and O–H groups in total.